The van der Waals surface area contributed by atoms with Gasteiger partial charge in [0.1, 0.15) is 17.3 Å². The van der Waals surface area contributed by atoms with Crippen LogP contribution in [0.4, 0.5) is 17.6 Å². The average molecular weight is 396 g/mol. The standard InChI is InChI=1S/C16H8F4N4S2/c17-8-3-4-10(11(18)6-8)13-12(7-9-2-1-5-25-9)26-16-22-21-15(14(19)20)24(16)23-13/h1-7,14H/b12-7-. The Morgan fingerprint density at radius 2 is 1.96 bits per heavy atom. The molecule has 1 aliphatic heterocycles. The summed E-state index contributed by atoms with van der Waals surface area (Å²) in [5.41, 5.74) is 0.108. The molecule has 0 N–H and O–H groups in total. The lowest BCUT2D eigenvalue weighted by Crippen LogP contribution is -2.15. The van der Waals surface area contributed by atoms with Crippen LogP contribution in [0.15, 0.2) is 50.9 Å². The van der Waals surface area contributed by atoms with Gasteiger partial charge in [-0.1, -0.05) is 6.07 Å². The first kappa shape index (κ1) is 17.0. The second-order valence-corrected chi connectivity index (χ2v) is 7.14. The summed E-state index contributed by atoms with van der Waals surface area (Å²) in [5.74, 6) is -2.21. The smallest absolute Gasteiger partial charge is 0.207 e. The molecule has 0 spiro atoms. The van der Waals surface area contributed by atoms with Gasteiger partial charge in [0.05, 0.1) is 0 Å². The fourth-order valence-electron chi connectivity index (χ4n) is 2.33. The van der Waals surface area contributed by atoms with E-state index in [4.69, 9.17) is 0 Å². The largest absolute Gasteiger partial charge is 0.299 e. The second-order valence-electron chi connectivity index (χ2n) is 5.15. The molecular formula is C16H8F4N4S2. The first-order chi connectivity index (χ1) is 12.5. The molecule has 4 nitrogen and oxygen atoms in total. The van der Waals surface area contributed by atoms with Crippen molar-refractivity contribution in [2.45, 2.75) is 11.6 Å². The fourth-order valence-corrected chi connectivity index (χ4v) is 4.00. The first-order valence-corrected chi connectivity index (χ1v) is 8.94. The SMILES string of the molecule is Fc1ccc(C2=Nn3c(nnc3C(F)F)S/C2=C\c2cccs2)c(F)c1. The monoisotopic (exact) mass is 396 g/mol. The van der Waals surface area contributed by atoms with Gasteiger partial charge in [0, 0.05) is 21.4 Å². The quantitative estimate of drug-likeness (QED) is 0.588. The zero-order valence-corrected chi connectivity index (χ0v) is 14.4. The minimum absolute atomic E-state index is 0.00118. The van der Waals surface area contributed by atoms with Crippen molar-refractivity contribution in [2.75, 3.05) is 0 Å². The molecule has 3 heterocycles. The van der Waals surface area contributed by atoms with Gasteiger partial charge in [-0.15, -0.1) is 21.5 Å². The van der Waals surface area contributed by atoms with Gasteiger partial charge in [-0.25, -0.2) is 17.6 Å². The molecule has 0 aliphatic carbocycles. The number of fused-ring (bicyclic) bond motifs is 1. The number of hydrogen-bond acceptors (Lipinski definition) is 5. The van der Waals surface area contributed by atoms with Gasteiger partial charge < -0.3 is 0 Å². The van der Waals surface area contributed by atoms with Gasteiger partial charge >= 0.3 is 0 Å². The zero-order chi connectivity index (χ0) is 18.3. The normalized spacial score (nSPS) is 15.4. The molecule has 26 heavy (non-hydrogen) atoms. The minimum Gasteiger partial charge on any atom is -0.207 e. The number of halogens is 4. The molecule has 0 unspecified atom stereocenters. The molecule has 0 atom stereocenters. The summed E-state index contributed by atoms with van der Waals surface area (Å²) in [6, 6.07) is 6.73. The Bertz CT molecular complexity index is 1030. The minimum atomic E-state index is -2.89. The molecule has 0 amide bonds. The summed E-state index contributed by atoms with van der Waals surface area (Å²) in [6.45, 7) is 0. The lowest BCUT2D eigenvalue weighted by molar-refractivity contribution is 0.135. The zero-order valence-electron chi connectivity index (χ0n) is 12.7. The molecule has 0 saturated carbocycles. The van der Waals surface area contributed by atoms with Crippen LogP contribution in [0.2, 0.25) is 0 Å². The number of rotatable bonds is 3. The molecule has 132 valence electrons. The van der Waals surface area contributed by atoms with Gasteiger partial charge in [-0.3, -0.25) is 0 Å². The molecule has 4 rings (SSSR count). The van der Waals surface area contributed by atoms with Crippen LogP contribution in [-0.2, 0) is 0 Å². The van der Waals surface area contributed by atoms with Gasteiger partial charge in [0.25, 0.3) is 6.43 Å². The summed E-state index contributed by atoms with van der Waals surface area (Å²) in [7, 11) is 0. The summed E-state index contributed by atoms with van der Waals surface area (Å²) in [6.07, 6.45) is -1.14. The third kappa shape index (κ3) is 3.06. The van der Waals surface area contributed by atoms with Crippen LogP contribution >= 0.6 is 23.1 Å². The van der Waals surface area contributed by atoms with Crippen LogP contribution < -0.4 is 0 Å². The number of thioether (sulfide) groups is 1. The molecule has 3 aromatic rings. The van der Waals surface area contributed by atoms with Crippen LogP contribution in [0.3, 0.4) is 0 Å². The molecule has 0 fully saturated rings. The van der Waals surface area contributed by atoms with E-state index >= 15 is 0 Å². The maximum absolute atomic E-state index is 14.3. The van der Waals surface area contributed by atoms with E-state index in [9.17, 15) is 17.6 Å². The molecule has 0 radical (unpaired) electrons. The van der Waals surface area contributed by atoms with Crippen molar-refractivity contribution in [3.05, 3.63) is 68.5 Å². The van der Waals surface area contributed by atoms with E-state index in [1.165, 1.54) is 17.4 Å². The van der Waals surface area contributed by atoms with Crippen molar-refractivity contribution in [3.8, 4) is 0 Å². The number of hydrogen-bond donors (Lipinski definition) is 0. The summed E-state index contributed by atoms with van der Waals surface area (Å²) < 4.78 is 54.7. The summed E-state index contributed by atoms with van der Waals surface area (Å²) in [5, 5.41) is 13.3. The van der Waals surface area contributed by atoms with Crippen LogP contribution in [0.5, 0.6) is 0 Å². The topological polar surface area (TPSA) is 43.1 Å². The maximum atomic E-state index is 14.3. The van der Waals surface area contributed by atoms with Crippen LogP contribution in [0.25, 0.3) is 6.08 Å². The number of benzene rings is 1. The third-order valence-corrected chi connectivity index (χ3v) is 5.26. The summed E-state index contributed by atoms with van der Waals surface area (Å²) >= 11 is 2.49. The van der Waals surface area contributed by atoms with Crippen molar-refractivity contribution in [3.63, 3.8) is 0 Å². The highest BCUT2D eigenvalue weighted by molar-refractivity contribution is 8.04. The van der Waals surface area contributed by atoms with Crippen LogP contribution in [0, 0.1) is 11.6 Å². The Balaban J connectivity index is 1.91. The van der Waals surface area contributed by atoms with Crippen LogP contribution in [-0.4, -0.2) is 20.6 Å². The molecule has 10 heteroatoms. The third-order valence-electron chi connectivity index (χ3n) is 3.47. The van der Waals surface area contributed by atoms with E-state index in [1.54, 1.807) is 6.08 Å². The molecular weight excluding hydrogens is 388 g/mol. The van der Waals surface area contributed by atoms with Gasteiger partial charge in [-0.2, -0.15) is 9.78 Å². The van der Waals surface area contributed by atoms with Crippen molar-refractivity contribution in [2.24, 2.45) is 5.10 Å². The number of nitrogens with zero attached hydrogens (tertiary/aromatic N) is 4. The van der Waals surface area contributed by atoms with E-state index in [1.807, 2.05) is 17.5 Å². The fraction of sp³-hybridized carbons (Fsp3) is 0.0625. The van der Waals surface area contributed by atoms with Crippen molar-refractivity contribution >= 4 is 34.9 Å². The molecule has 0 saturated heterocycles. The maximum Gasteiger partial charge on any atom is 0.299 e. The van der Waals surface area contributed by atoms with Gasteiger partial charge in [0.15, 0.2) is 0 Å². The van der Waals surface area contributed by atoms with E-state index in [2.05, 4.69) is 15.3 Å². The van der Waals surface area contributed by atoms with Crippen LogP contribution in [0.1, 0.15) is 22.7 Å². The number of thiophene rings is 1. The van der Waals surface area contributed by atoms with E-state index in [-0.39, 0.29) is 16.4 Å². The number of allylic oxidation sites excluding steroid dienone is 1. The van der Waals surface area contributed by atoms with Crippen molar-refractivity contribution in [1.82, 2.24) is 14.9 Å². The first-order valence-electron chi connectivity index (χ1n) is 7.24. The van der Waals surface area contributed by atoms with Gasteiger partial charge in [-0.05, 0) is 41.4 Å². The van der Waals surface area contributed by atoms with E-state index in [0.29, 0.717) is 4.91 Å². The van der Waals surface area contributed by atoms with E-state index < -0.39 is 23.9 Å². The molecule has 1 aliphatic rings. The Kier molecular flexibility index (Phi) is 4.37. The van der Waals surface area contributed by atoms with E-state index in [0.717, 1.165) is 33.4 Å². The Morgan fingerprint density at radius 3 is 2.65 bits per heavy atom. The Labute approximate surface area is 152 Å². The molecule has 2 aromatic heterocycles. The summed E-state index contributed by atoms with van der Waals surface area (Å²) in [4.78, 5) is 1.36. The Hall–Kier alpha value is -2.46. The highest BCUT2D eigenvalue weighted by Crippen LogP contribution is 2.37. The lowest BCUT2D eigenvalue weighted by Gasteiger charge is -2.17. The number of aromatic nitrogens is 3. The lowest BCUT2D eigenvalue weighted by atomic mass is 10.1. The van der Waals surface area contributed by atoms with Gasteiger partial charge in [0.2, 0.25) is 11.0 Å². The highest BCUT2D eigenvalue weighted by Gasteiger charge is 2.28. The molecule has 0 bridgehead atoms. The molecule has 1 aromatic carbocycles. The highest BCUT2D eigenvalue weighted by atomic mass is 32.2. The average Bonchev–Trinajstić information content (AvgIpc) is 3.23. The Morgan fingerprint density at radius 1 is 1.12 bits per heavy atom. The predicted molar refractivity (Wildman–Crippen MR) is 91.4 cm³/mol. The van der Waals surface area contributed by atoms with Crippen molar-refractivity contribution in [1.29, 1.82) is 0 Å². The second kappa shape index (κ2) is 6.69. The van der Waals surface area contributed by atoms with Crippen molar-refractivity contribution < 1.29 is 17.6 Å². The predicted octanol–water partition coefficient (Wildman–Crippen LogP) is 4.95. The number of alkyl halides is 2.